The van der Waals surface area contributed by atoms with Crippen LogP contribution in [-0.2, 0) is 24.3 Å². The van der Waals surface area contributed by atoms with Crippen molar-refractivity contribution in [2.45, 2.75) is 44.9 Å². The lowest BCUT2D eigenvalue weighted by atomic mass is 9.92. The summed E-state index contributed by atoms with van der Waals surface area (Å²) in [7, 11) is -2.39. The van der Waals surface area contributed by atoms with Crippen molar-refractivity contribution in [2.24, 2.45) is 11.3 Å². The second-order valence-corrected chi connectivity index (χ2v) is 9.97. The fourth-order valence-corrected chi connectivity index (χ4v) is 4.59. The molecule has 2 rings (SSSR count). The molecule has 0 aromatic heterocycles. The Labute approximate surface area is 161 Å². The average molecular weight is 397 g/mol. The summed E-state index contributed by atoms with van der Waals surface area (Å²) >= 11 is 0. The van der Waals surface area contributed by atoms with Crippen molar-refractivity contribution in [3.63, 3.8) is 0 Å². The molecule has 0 spiro atoms. The lowest BCUT2D eigenvalue weighted by Gasteiger charge is -2.30. The van der Waals surface area contributed by atoms with E-state index in [0.29, 0.717) is 31.5 Å². The van der Waals surface area contributed by atoms with Crippen LogP contribution in [0.4, 0.5) is 5.69 Å². The highest BCUT2D eigenvalue weighted by Gasteiger charge is 2.33. The van der Waals surface area contributed by atoms with Crippen molar-refractivity contribution in [1.82, 2.24) is 4.31 Å². The van der Waals surface area contributed by atoms with E-state index in [-0.39, 0.29) is 28.7 Å². The molecule has 1 aliphatic heterocycles. The molecule has 27 heavy (non-hydrogen) atoms. The summed E-state index contributed by atoms with van der Waals surface area (Å²) in [5.41, 5.74) is 0.423. The first-order chi connectivity index (χ1) is 12.5. The average Bonchev–Trinajstić information content (AvgIpc) is 2.60. The fraction of sp³-hybridized carbons (Fsp3) is 0.579. The minimum atomic E-state index is -3.70. The van der Waals surface area contributed by atoms with Gasteiger partial charge < -0.3 is 10.1 Å². The summed E-state index contributed by atoms with van der Waals surface area (Å²) < 4.78 is 31.8. The number of benzene rings is 1. The Hall–Kier alpha value is -1.93. The molecule has 7 nitrogen and oxygen atoms in total. The first-order valence-corrected chi connectivity index (χ1v) is 10.4. The summed E-state index contributed by atoms with van der Waals surface area (Å²) in [6.07, 6.45) is 1.60. The van der Waals surface area contributed by atoms with Crippen LogP contribution in [0.1, 0.15) is 40.0 Å². The quantitative estimate of drug-likeness (QED) is 0.773. The third-order valence-corrected chi connectivity index (χ3v) is 6.26. The number of anilines is 1. The minimum absolute atomic E-state index is 0.116. The lowest BCUT2D eigenvalue weighted by molar-refractivity contribution is -0.146. The van der Waals surface area contributed by atoms with Crippen molar-refractivity contribution < 1.29 is 22.7 Å². The van der Waals surface area contributed by atoms with Gasteiger partial charge in [0.25, 0.3) is 0 Å². The van der Waals surface area contributed by atoms with Crippen molar-refractivity contribution >= 4 is 27.6 Å². The Bertz CT molecular complexity index is 781. The second kappa shape index (κ2) is 8.39. The largest absolute Gasteiger partial charge is 0.469 e. The molecule has 1 saturated heterocycles. The van der Waals surface area contributed by atoms with E-state index in [1.807, 2.05) is 20.8 Å². The van der Waals surface area contributed by atoms with Gasteiger partial charge in [0, 0.05) is 25.2 Å². The van der Waals surface area contributed by atoms with Crippen molar-refractivity contribution in [1.29, 1.82) is 0 Å². The molecule has 8 heteroatoms. The number of hydrogen-bond donors (Lipinski definition) is 1. The van der Waals surface area contributed by atoms with Gasteiger partial charge in [-0.05, 0) is 42.5 Å². The standard InChI is InChI=1S/C19H28N2O5S/c1-19(2,3)12-17(22)20-15-7-9-16(10-8-15)27(24,25)21-11-5-6-14(13-21)18(23)26-4/h7-10,14H,5-6,11-13H2,1-4H3,(H,20,22)/t14-/m0/s1. The molecule has 1 amide bonds. The topological polar surface area (TPSA) is 92.8 Å². The monoisotopic (exact) mass is 396 g/mol. The van der Waals surface area contributed by atoms with Gasteiger partial charge in [-0.25, -0.2) is 8.42 Å². The summed E-state index contributed by atoms with van der Waals surface area (Å²) in [5.74, 6) is -0.934. The van der Waals surface area contributed by atoms with Crippen molar-refractivity contribution in [3.8, 4) is 0 Å². The molecule has 1 N–H and O–H groups in total. The van der Waals surface area contributed by atoms with Gasteiger partial charge in [-0.15, -0.1) is 0 Å². The van der Waals surface area contributed by atoms with Gasteiger partial charge in [-0.2, -0.15) is 4.31 Å². The van der Waals surface area contributed by atoms with E-state index in [2.05, 4.69) is 5.32 Å². The normalized spacial score (nSPS) is 18.7. The van der Waals surface area contributed by atoms with E-state index in [1.165, 1.54) is 23.5 Å². The number of piperidine rings is 1. The second-order valence-electron chi connectivity index (χ2n) is 8.04. The predicted molar refractivity (Wildman–Crippen MR) is 103 cm³/mol. The maximum absolute atomic E-state index is 12.9. The van der Waals surface area contributed by atoms with Crippen LogP contribution in [0, 0.1) is 11.3 Å². The van der Waals surface area contributed by atoms with Crippen LogP contribution >= 0.6 is 0 Å². The molecule has 0 unspecified atom stereocenters. The van der Waals surface area contributed by atoms with Crippen LogP contribution in [0.15, 0.2) is 29.2 Å². The molecular weight excluding hydrogens is 368 g/mol. The number of carbonyl (C=O) groups excluding carboxylic acids is 2. The number of esters is 1. The zero-order chi connectivity index (χ0) is 20.2. The number of sulfonamides is 1. The van der Waals surface area contributed by atoms with Crippen LogP contribution in [0.5, 0.6) is 0 Å². The number of methoxy groups -OCH3 is 1. The molecule has 1 aromatic rings. The van der Waals surface area contributed by atoms with Crippen molar-refractivity contribution in [2.75, 3.05) is 25.5 Å². The fourth-order valence-electron chi connectivity index (χ4n) is 3.07. The van der Waals surface area contributed by atoms with Gasteiger partial charge in [0.2, 0.25) is 15.9 Å². The van der Waals surface area contributed by atoms with Crippen LogP contribution in [0.25, 0.3) is 0 Å². The highest BCUT2D eigenvalue weighted by molar-refractivity contribution is 7.89. The van der Waals surface area contributed by atoms with Crippen LogP contribution in [0.2, 0.25) is 0 Å². The zero-order valence-electron chi connectivity index (χ0n) is 16.3. The molecule has 150 valence electrons. The first-order valence-electron chi connectivity index (χ1n) is 9.01. The third kappa shape index (κ3) is 5.77. The summed E-state index contributed by atoms with van der Waals surface area (Å²) in [6.45, 7) is 6.42. The Morgan fingerprint density at radius 3 is 2.41 bits per heavy atom. The van der Waals surface area contributed by atoms with Gasteiger partial charge in [-0.3, -0.25) is 9.59 Å². The molecule has 0 saturated carbocycles. The van der Waals surface area contributed by atoms with Gasteiger partial charge in [0.15, 0.2) is 0 Å². The SMILES string of the molecule is COC(=O)[C@H]1CCCN(S(=O)(=O)c2ccc(NC(=O)CC(C)(C)C)cc2)C1. The Kier molecular flexibility index (Phi) is 6.64. The van der Waals surface area contributed by atoms with Gasteiger partial charge in [0.1, 0.15) is 0 Å². The van der Waals surface area contributed by atoms with Crippen LogP contribution < -0.4 is 5.32 Å². The van der Waals surface area contributed by atoms with E-state index in [1.54, 1.807) is 12.1 Å². The number of hydrogen-bond acceptors (Lipinski definition) is 5. The Balaban J connectivity index is 2.08. The maximum atomic E-state index is 12.9. The molecule has 1 aliphatic rings. The van der Waals surface area contributed by atoms with E-state index >= 15 is 0 Å². The molecule has 1 aromatic carbocycles. The predicted octanol–water partition coefficient (Wildman–Crippen LogP) is 2.64. The molecular formula is C19H28N2O5S. The van der Waals surface area contributed by atoms with E-state index < -0.39 is 15.9 Å². The number of amides is 1. The molecule has 1 heterocycles. The number of nitrogens with one attached hydrogen (secondary N) is 1. The minimum Gasteiger partial charge on any atom is -0.469 e. The molecule has 1 fully saturated rings. The molecule has 0 radical (unpaired) electrons. The molecule has 0 aliphatic carbocycles. The van der Waals surface area contributed by atoms with E-state index in [0.717, 1.165) is 0 Å². The van der Waals surface area contributed by atoms with Crippen LogP contribution in [-0.4, -0.2) is 44.8 Å². The number of nitrogens with zero attached hydrogens (tertiary/aromatic N) is 1. The lowest BCUT2D eigenvalue weighted by Crippen LogP contribution is -2.42. The summed E-state index contributed by atoms with van der Waals surface area (Å²) in [6, 6.07) is 6.11. The highest BCUT2D eigenvalue weighted by Crippen LogP contribution is 2.26. The maximum Gasteiger partial charge on any atom is 0.309 e. The number of ether oxygens (including phenoxy) is 1. The van der Waals surface area contributed by atoms with Gasteiger partial charge in [-0.1, -0.05) is 20.8 Å². The van der Waals surface area contributed by atoms with Crippen molar-refractivity contribution in [3.05, 3.63) is 24.3 Å². The van der Waals surface area contributed by atoms with E-state index in [9.17, 15) is 18.0 Å². The smallest absolute Gasteiger partial charge is 0.309 e. The summed E-state index contributed by atoms with van der Waals surface area (Å²) in [5, 5.41) is 2.78. The van der Waals surface area contributed by atoms with Crippen LogP contribution in [0.3, 0.4) is 0 Å². The Morgan fingerprint density at radius 1 is 1.22 bits per heavy atom. The molecule has 0 bridgehead atoms. The third-order valence-electron chi connectivity index (χ3n) is 4.39. The summed E-state index contributed by atoms with van der Waals surface area (Å²) in [4.78, 5) is 23.9. The highest BCUT2D eigenvalue weighted by atomic mass is 32.2. The zero-order valence-corrected chi connectivity index (χ0v) is 17.1. The van der Waals surface area contributed by atoms with Gasteiger partial charge in [0.05, 0.1) is 17.9 Å². The number of carbonyl (C=O) groups is 2. The van der Waals surface area contributed by atoms with Gasteiger partial charge >= 0.3 is 5.97 Å². The van der Waals surface area contributed by atoms with E-state index in [4.69, 9.17) is 4.74 Å². The number of rotatable bonds is 5. The first kappa shape index (κ1) is 21.4. The Morgan fingerprint density at radius 2 is 1.85 bits per heavy atom. The molecule has 1 atom stereocenters.